The van der Waals surface area contributed by atoms with Crippen molar-refractivity contribution < 1.29 is 14.7 Å². The van der Waals surface area contributed by atoms with E-state index >= 15 is 0 Å². The predicted molar refractivity (Wildman–Crippen MR) is 44.2 cm³/mol. The molecule has 0 spiro atoms. The molecular weight excluding hydrogens is 201 g/mol. The molecule has 66 valence electrons. The van der Waals surface area contributed by atoms with Crippen LogP contribution in [0.3, 0.4) is 0 Å². The van der Waals surface area contributed by atoms with Crippen LogP contribution in [-0.2, 0) is 11.8 Å². The van der Waals surface area contributed by atoms with Crippen LogP contribution in [-0.4, -0.2) is 24.6 Å². The third-order valence-electron chi connectivity index (χ3n) is 0.604. The van der Waals surface area contributed by atoms with Gasteiger partial charge in [0.05, 0.1) is 0 Å². The van der Waals surface area contributed by atoms with E-state index in [1.54, 1.807) is 12.4 Å². The van der Waals surface area contributed by atoms with Crippen molar-refractivity contribution in [3.05, 3.63) is 18.2 Å². The molecule has 0 atom stereocenters. The molecule has 12 heavy (non-hydrogen) atoms. The lowest BCUT2D eigenvalue weighted by Gasteiger charge is -1.88. The Labute approximate surface area is 73.4 Å². The van der Waals surface area contributed by atoms with Gasteiger partial charge in [-0.3, -0.25) is 0 Å². The smallest absolute Gasteiger partial charge is 0.319 e. The van der Waals surface area contributed by atoms with Gasteiger partial charge in [-0.25, -0.2) is 4.98 Å². The minimum atomic E-state index is -3.81. The third kappa shape index (κ3) is 9.23. The van der Waals surface area contributed by atoms with Gasteiger partial charge in [0.1, 0.15) is 6.07 Å². The Bertz CT molecular complexity index is 292. The summed E-state index contributed by atoms with van der Waals surface area (Å²) < 4.78 is 0. The first-order chi connectivity index (χ1) is 5.43. The molecule has 0 aliphatic heterocycles. The minimum Gasteiger partial charge on any atom is -0.336 e. The van der Waals surface area contributed by atoms with Crippen molar-refractivity contribution in [2.75, 3.05) is 0 Å². The van der Waals surface area contributed by atoms with E-state index in [0.717, 1.165) is 0 Å². The summed E-state index contributed by atoms with van der Waals surface area (Å²) in [6.45, 7) is -3.81. The van der Waals surface area contributed by atoms with Gasteiger partial charge in [0.25, 0.3) is 0 Å². The Hall–Kier alpha value is -0.770. The van der Waals surface area contributed by atoms with Crippen LogP contribution in [0.2, 0.25) is 0 Å². The second-order valence-corrected chi connectivity index (χ2v) is 4.06. The van der Waals surface area contributed by atoms with Gasteiger partial charge in [-0.15, -0.1) is 0 Å². The van der Waals surface area contributed by atoms with Gasteiger partial charge in [-0.2, -0.15) is 5.26 Å². The summed E-state index contributed by atoms with van der Waals surface area (Å²) in [5, 5.41) is 8.08. The van der Waals surface area contributed by atoms with E-state index in [-0.39, 0.29) is 0 Å². The molecule has 8 heteroatoms. The van der Waals surface area contributed by atoms with Crippen molar-refractivity contribution in [3.8, 4) is 6.07 Å². The molecular formula is C4H6N3O3PS. The van der Waals surface area contributed by atoms with Crippen LogP contribution in [0.15, 0.2) is 12.4 Å². The van der Waals surface area contributed by atoms with Crippen molar-refractivity contribution in [2.45, 2.75) is 0 Å². The van der Waals surface area contributed by atoms with E-state index in [4.69, 9.17) is 19.9 Å². The number of nitrogens with one attached hydrogen (secondary N) is 1. The standard InChI is InChI=1S/C4H3N3.H3O3PS/c5-3-4-6-1-2-7-4;1-4(2,3)5/h1-2H,(H,6,7);(H3,1,2,3,5). The summed E-state index contributed by atoms with van der Waals surface area (Å²) in [4.78, 5) is 28.9. The van der Waals surface area contributed by atoms with Crippen LogP contribution in [0.25, 0.3) is 0 Å². The maximum Gasteiger partial charge on any atom is 0.319 e. The van der Waals surface area contributed by atoms with Crippen molar-refractivity contribution in [3.63, 3.8) is 0 Å². The number of H-pyrrole nitrogens is 1. The number of imidazole rings is 1. The van der Waals surface area contributed by atoms with E-state index < -0.39 is 6.72 Å². The lowest BCUT2D eigenvalue weighted by atomic mass is 10.7. The normalized spacial score (nSPS) is 9.50. The first-order valence-electron chi connectivity index (χ1n) is 2.61. The number of nitrogens with zero attached hydrogens (tertiary/aromatic N) is 2. The zero-order valence-electron chi connectivity index (χ0n) is 5.75. The molecule has 6 nitrogen and oxygen atoms in total. The fraction of sp³-hybridized carbons (Fsp3) is 0. The lowest BCUT2D eigenvalue weighted by molar-refractivity contribution is 0.363. The molecule has 1 aromatic heterocycles. The highest BCUT2D eigenvalue weighted by Gasteiger charge is 1.92. The van der Waals surface area contributed by atoms with E-state index in [1.165, 1.54) is 0 Å². The SMILES string of the molecule is N#Cc1ncc[nH]1.OP(O)(O)=S. The monoisotopic (exact) mass is 207 g/mol. The summed E-state index contributed by atoms with van der Waals surface area (Å²) >= 11 is 3.60. The van der Waals surface area contributed by atoms with Gasteiger partial charge in [0, 0.05) is 12.4 Å². The fourth-order valence-corrected chi connectivity index (χ4v) is 0.326. The summed E-state index contributed by atoms with van der Waals surface area (Å²) in [6.07, 6.45) is 3.15. The average molecular weight is 207 g/mol. The molecule has 0 saturated heterocycles. The van der Waals surface area contributed by atoms with Crippen LogP contribution in [0.5, 0.6) is 0 Å². The third-order valence-corrected chi connectivity index (χ3v) is 0.604. The molecule has 0 aliphatic rings. The van der Waals surface area contributed by atoms with Crippen molar-refractivity contribution in [1.82, 2.24) is 9.97 Å². The van der Waals surface area contributed by atoms with Gasteiger partial charge in [0.15, 0.2) is 0 Å². The maximum atomic E-state index is 8.08. The highest BCUT2D eigenvalue weighted by molar-refractivity contribution is 8.06. The summed E-state index contributed by atoms with van der Waals surface area (Å²) in [5.41, 5.74) is 0. The zero-order chi connectivity index (χ0) is 9.61. The number of hydrogen-bond acceptors (Lipinski definition) is 3. The molecule has 4 N–H and O–H groups in total. The number of hydrogen-bond donors (Lipinski definition) is 4. The molecule has 0 fully saturated rings. The van der Waals surface area contributed by atoms with Crippen molar-refractivity contribution in [2.24, 2.45) is 0 Å². The maximum absolute atomic E-state index is 8.08. The van der Waals surface area contributed by atoms with E-state index in [0.29, 0.717) is 5.82 Å². The van der Waals surface area contributed by atoms with Gasteiger partial charge in [-0.1, -0.05) is 0 Å². The molecule has 0 amide bonds. The summed E-state index contributed by atoms with van der Waals surface area (Å²) in [5.74, 6) is 0.361. The largest absolute Gasteiger partial charge is 0.336 e. The molecule has 0 bridgehead atoms. The Morgan fingerprint density at radius 1 is 1.58 bits per heavy atom. The van der Waals surface area contributed by atoms with Crippen molar-refractivity contribution in [1.29, 1.82) is 5.26 Å². The van der Waals surface area contributed by atoms with Crippen LogP contribution in [0.1, 0.15) is 5.82 Å². The van der Waals surface area contributed by atoms with E-state index in [2.05, 4.69) is 21.8 Å². The van der Waals surface area contributed by atoms with E-state index in [1.807, 2.05) is 6.07 Å². The number of aromatic nitrogens is 2. The Morgan fingerprint density at radius 2 is 2.08 bits per heavy atom. The molecule has 1 heterocycles. The molecule has 0 aromatic carbocycles. The number of aromatic amines is 1. The molecule has 1 aromatic rings. The predicted octanol–water partition coefficient (Wildman–Crippen LogP) is -0.531. The Kier molecular flexibility index (Phi) is 4.66. The van der Waals surface area contributed by atoms with Crippen LogP contribution in [0.4, 0.5) is 0 Å². The molecule has 0 saturated carbocycles. The van der Waals surface area contributed by atoms with Gasteiger partial charge in [0.2, 0.25) is 5.82 Å². The van der Waals surface area contributed by atoms with Crippen molar-refractivity contribution >= 4 is 18.5 Å². The minimum absolute atomic E-state index is 0.361. The van der Waals surface area contributed by atoms with Gasteiger partial charge in [-0.05, 0) is 11.8 Å². The zero-order valence-corrected chi connectivity index (χ0v) is 7.46. The second-order valence-electron chi connectivity index (χ2n) is 1.56. The molecule has 0 radical (unpaired) electrons. The molecule has 0 unspecified atom stereocenters. The first-order valence-corrected chi connectivity index (χ1v) is 5.27. The second kappa shape index (κ2) is 4.98. The highest BCUT2D eigenvalue weighted by atomic mass is 32.5. The van der Waals surface area contributed by atoms with Gasteiger partial charge >= 0.3 is 6.72 Å². The fourth-order valence-electron chi connectivity index (χ4n) is 0.326. The molecule has 0 aliphatic carbocycles. The van der Waals surface area contributed by atoms with Crippen LogP contribution in [0, 0.1) is 11.3 Å². The Morgan fingerprint density at radius 3 is 2.25 bits per heavy atom. The topological polar surface area (TPSA) is 113 Å². The quantitative estimate of drug-likeness (QED) is 0.425. The number of rotatable bonds is 0. The average Bonchev–Trinajstić information content (AvgIpc) is 2.33. The van der Waals surface area contributed by atoms with E-state index in [9.17, 15) is 0 Å². The Balaban J connectivity index is 0.000000217. The highest BCUT2D eigenvalue weighted by Crippen LogP contribution is 2.26. The molecule has 1 rings (SSSR count). The number of nitriles is 1. The van der Waals surface area contributed by atoms with Gasteiger partial charge < -0.3 is 19.7 Å². The first kappa shape index (κ1) is 11.2. The van der Waals surface area contributed by atoms with Crippen LogP contribution < -0.4 is 0 Å². The summed E-state index contributed by atoms with van der Waals surface area (Å²) in [7, 11) is 0. The lowest BCUT2D eigenvalue weighted by Crippen LogP contribution is -1.70. The summed E-state index contributed by atoms with van der Waals surface area (Å²) in [6, 6.07) is 1.84. The van der Waals surface area contributed by atoms with Crippen LogP contribution >= 0.6 is 6.72 Å².